The summed E-state index contributed by atoms with van der Waals surface area (Å²) in [4.78, 5) is 2.51. The van der Waals surface area contributed by atoms with E-state index in [9.17, 15) is 0 Å². The highest BCUT2D eigenvalue weighted by Gasteiger charge is 2.27. The highest BCUT2D eigenvalue weighted by molar-refractivity contribution is 5.32. The first kappa shape index (κ1) is 17.6. The van der Waals surface area contributed by atoms with E-state index >= 15 is 0 Å². The van der Waals surface area contributed by atoms with Crippen molar-refractivity contribution in [2.75, 3.05) is 33.4 Å². The molecule has 4 rings (SSSR count). The molecule has 1 atom stereocenters. The third kappa shape index (κ3) is 3.97. The van der Waals surface area contributed by atoms with Crippen molar-refractivity contribution >= 4 is 0 Å². The van der Waals surface area contributed by atoms with Crippen LogP contribution in [0.5, 0.6) is 0 Å². The summed E-state index contributed by atoms with van der Waals surface area (Å²) in [5, 5.41) is 3.55. The summed E-state index contributed by atoms with van der Waals surface area (Å²) in [5.74, 6) is 1.93. The predicted molar refractivity (Wildman–Crippen MR) is 103 cm³/mol. The SMILES string of the molecule is COCc1ccc(CN2CCOC3=C2C=C2CCNCCC2CC3)cc1. The molecule has 0 radical (unpaired) electrons. The lowest BCUT2D eigenvalue weighted by atomic mass is 9.91. The molecule has 0 amide bonds. The molecule has 1 fully saturated rings. The van der Waals surface area contributed by atoms with Crippen molar-refractivity contribution in [3.63, 3.8) is 0 Å². The Kier molecular flexibility index (Phi) is 5.61. The summed E-state index contributed by atoms with van der Waals surface area (Å²) in [7, 11) is 1.74. The van der Waals surface area contributed by atoms with Crippen molar-refractivity contribution in [1.29, 1.82) is 0 Å². The summed E-state index contributed by atoms with van der Waals surface area (Å²) in [5.41, 5.74) is 5.52. The van der Waals surface area contributed by atoms with Gasteiger partial charge in [-0.25, -0.2) is 0 Å². The first-order valence-corrected chi connectivity index (χ1v) is 9.92. The van der Waals surface area contributed by atoms with E-state index < -0.39 is 0 Å². The van der Waals surface area contributed by atoms with Crippen LogP contribution >= 0.6 is 0 Å². The summed E-state index contributed by atoms with van der Waals surface area (Å²) >= 11 is 0. The highest BCUT2D eigenvalue weighted by atomic mass is 16.5. The fourth-order valence-corrected chi connectivity index (χ4v) is 4.34. The maximum absolute atomic E-state index is 6.08. The van der Waals surface area contributed by atoms with E-state index in [1.807, 2.05) is 0 Å². The maximum Gasteiger partial charge on any atom is 0.119 e. The maximum atomic E-state index is 6.08. The molecule has 140 valence electrons. The lowest BCUT2D eigenvalue weighted by Crippen LogP contribution is -2.31. The van der Waals surface area contributed by atoms with Crippen LogP contribution < -0.4 is 5.32 Å². The molecule has 2 heterocycles. The van der Waals surface area contributed by atoms with Crippen LogP contribution in [0.1, 0.15) is 36.8 Å². The predicted octanol–water partition coefficient (Wildman–Crippen LogP) is 3.60. The first-order chi connectivity index (χ1) is 12.8. The zero-order valence-electron chi connectivity index (χ0n) is 15.8. The van der Waals surface area contributed by atoms with Crippen LogP contribution in [0, 0.1) is 5.92 Å². The molecule has 1 N–H and O–H groups in total. The van der Waals surface area contributed by atoms with Crippen LogP contribution in [0.2, 0.25) is 0 Å². The molecular weight excluding hydrogens is 324 g/mol. The van der Waals surface area contributed by atoms with Crippen molar-refractivity contribution in [3.8, 4) is 0 Å². The minimum absolute atomic E-state index is 0.675. The van der Waals surface area contributed by atoms with Crippen LogP contribution in [0.15, 0.2) is 47.4 Å². The van der Waals surface area contributed by atoms with Crippen LogP contribution in [0.25, 0.3) is 0 Å². The van der Waals surface area contributed by atoms with Gasteiger partial charge in [-0.2, -0.15) is 0 Å². The fourth-order valence-electron chi connectivity index (χ4n) is 4.34. The van der Waals surface area contributed by atoms with Crippen molar-refractivity contribution in [2.24, 2.45) is 5.92 Å². The number of allylic oxidation sites excluding steroid dienone is 2. The van der Waals surface area contributed by atoms with Gasteiger partial charge in [0.2, 0.25) is 0 Å². The monoisotopic (exact) mass is 354 g/mol. The topological polar surface area (TPSA) is 33.7 Å². The first-order valence-electron chi connectivity index (χ1n) is 9.92. The van der Waals surface area contributed by atoms with Gasteiger partial charge in [-0.3, -0.25) is 0 Å². The number of benzene rings is 1. The molecule has 1 aromatic carbocycles. The molecule has 0 bridgehead atoms. The van der Waals surface area contributed by atoms with Crippen molar-refractivity contribution in [1.82, 2.24) is 10.2 Å². The van der Waals surface area contributed by atoms with Gasteiger partial charge in [-0.1, -0.05) is 29.8 Å². The van der Waals surface area contributed by atoms with Crippen LogP contribution in [0.4, 0.5) is 0 Å². The van der Waals surface area contributed by atoms with Gasteiger partial charge in [0, 0.05) is 20.1 Å². The Morgan fingerprint density at radius 3 is 2.81 bits per heavy atom. The van der Waals surface area contributed by atoms with E-state index in [2.05, 4.69) is 40.6 Å². The molecule has 4 nitrogen and oxygen atoms in total. The van der Waals surface area contributed by atoms with Crippen LogP contribution in [0.3, 0.4) is 0 Å². The van der Waals surface area contributed by atoms with Crippen molar-refractivity contribution in [3.05, 3.63) is 58.5 Å². The van der Waals surface area contributed by atoms with Gasteiger partial charge in [0.1, 0.15) is 12.4 Å². The minimum atomic E-state index is 0.675. The number of fused-ring (bicyclic) bond motifs is 1. The molecule has 1 unspecified atom stereocenters. The second-order valence-corrected chi connectivity index (χ2v) is 7.57. The Labute approximate surface area is 156 Å². The molecule has 0 spiro atoms. The Bertz CT molecular complexity index is 678. The van der Waals surface area contributed by atoms with Crippen LogP contribution in [-0.2, 0) is 22.6 Å². The second-order valence-electron chi connectivity index (χ2n) is 7.57. The third-order valence-electron chi connectivity index (χ3n) is 5.80. The second kappa shape index (κ2) is 8.28. The summed E-state index contributed by atoms with van der Waals surface area (Å²) < 4.78 is 11.3. The van der Waals surface area contributed by atoms with E-state index in [-0.39, 0.29) is 0 Å². The molecule has 4 heteroatoms. The van der Waals surface area contributed by atoms with Gasteiger partial charge in [-0.05, 0) is 55.5 Å². The molecule has 0 saturated carbocycles. The van der Waals surface area contributed by atoms with E-state index in [1.54, 1.807) is 12.7 Å². The summed E-state index contributed by atoms with van der Waals surface area (Å²) in [6.07, 6.45) is 7.18. The number of hydrogen-bond donors (Lipinski definition) is 1. The lowest BCUT2D eigenvalue weighted by Gasteiger charge is -2.32. The van der Waals surface area contributed by atoms with Gasteiger partial charge in [0.15, 0.2) is 0 Å². The third-order valence-corrected chi connectivity index (χ3v) is 5.80. The van der Waals surface area contributed by atoms with Crippen LogP contribution in [-0.4, -0.2) is 38.3 Å². The lowest BCUT2D eigenvalue weighted by molar-refractivity contribution is 0.122. The number of hydrogen-bond acceptors (Lipinski definition) is 4. The van der Waals surface area contributed by atoms with Crippen molar-refractivity contribution in [2.45, 2.75) is 38.8 Å². The standard InChI is InChI=1S/C22H30N2O2/c1-25-16-18-4-2-17(3-5-18)15-24-12-13-26-22-7-6-19-8-10-23-11-9-20(19)14-21(22)24/h2-5,14,19,23H,6-13,15-16H2,1H3. The van der Waals surface area contributed by atoms with Crippen molar-refractivity contribution < 1.29 is 9.47 Å². The van der Waals surface area contributed by atoms with Gasteiger partial charge >= 0.3 is 0 Å². The van der Waals surface area contributed by atoms with Gasteiger partial charge < -0.3 is 19.7 Å². The van der Waals surface area contributed by atoms with Gasteiger partial charge in [-0.15, -0.1) is 0 Å². The van der Waals surface area contributed by atoms with E-state index in [1.165, 1.54) is 41.8 Å². The van der Waals surface area contributed by atoms with E-state index in [4.69, 9.17) is 9.47 Å². The van der Waals surface area contributed by atoms with E-state index in [0.717, 1.165) is 45.1 Å². The smallest absolute Gasteiger partial charge is 0.119 e. The van der Waals surface area contributed by atoms with E-state index in [0.29, 0.717) is 6.61 Å². The number of methoxy groups -OCH3 is 1. The number of nitrogens with one attached hydrogen (secondary N) is 1. The molecule has 1 aromatic rings. The Balaban J connectivity index is 1.54. The minimum Gasteiger partial charge on any atom is -0.494 e. The largest absolute Gasteiger partial charge is 0.494 e. The van der Waals surface area contributed by atoms with Gasteiger partial charge in [0.25, 0.3) is 0 Å². The quantitative estimate of drug-likeness (QED) is 0.896. The zero-order valence-corrected chi connectivity index (χ0v) is 15.8. The molecule has 2 aliphatic heterocycles. The molecule has 1 saturated heterocycles. The highest BCUT2D eigenvalue weighted by Crippen LogP contribution is 2.35. The normalized spacial score (nSPS) is 23.3. The fraction of sp³-hybridized carbons (Fsp3) is 0.545. The Morgan fingerprint density at radius 1 is 1.12 bits per heavy atom. The molecule has 26 heavy (non-hydrogen) atoms. The molecular formula is C22H30N2O2. The Hall–Kier alpha value is -1.78. The zero-order chi connectivity index (χ0) is 17.8. The number of nitrogens with zero attached hydrogens (tertiary/aromatic N) is 1. The summed E-state index contributed by atoms with van der Waals surface area (Å²) in [6, 6.07) is 8.80. The Morgan fingerprint density at radius 2 is 1.96 bits per heavy atom. The number of ether oxygens (including phenoxy) is 2. The average molecular weight is 354 g/mol. The average Bonchev–Trinajstić information content (AvgIpc) is 2.98. The van der Waals surface area contributed by atoms with Gasteiger partial charge in [0.05, 0.1) is 18.8 Å². The molecule has 0 aromatic heterocycles. The summed E-state index contributed by atoms with van der Waals surface area (Å²) in [6.45, 7) is 5.63. The molecule has 3 aliphatic rings. The molecule has 1 aliphatic carbocycles. The number of rotatable bonds is 4.